The predicted octanol–water partition coefficient (Wildman–Crippen LogP) is 7.52. The molecule has 0 radical (unpaired) electrons. The van der Waals surface area contributed by atoms with Crippen molar-refractivity contribution in [2.45, 2.75) is 143 Å². The van der Waals surface area contributed by atoms with Crippen LogP contribution in [-0.2, 0) is 17.8 Å². The number of aromatic hydroxyl groups is 1. The molecule has 0 bridgehead atoms. The number of nitrogens with one attached hydrogen (secondary N) is 2. The second kappa shape index (κ2) is 18.2. The lowest BCUT2D eigenvalue weighted by molar-refractivity contribution is -0.124. The Balaban J connectivity index is 0.000000463. The van der Waals surface area contributed by atoms with Gasteiger partial charge in [-0.05, 0) is 66.2 Å². The van der Waals surface area contributed by atoms with E-state index < -0.39 is 0 Å². The van der Waals surface area contributed by atoms with Crippen LogP contribution < -0.4 is 16.4 Å². The summed E-state index contributed by atoms with van der Waals surface area (Å²) in [5.41, 5.74) is 8.29. The average Bonchev–Trinajstić information content (AvgIpc) is 2.89. The quantitative estimate of drug-likeness (QED) is 0.262. The van der Waals surface area contributed by atoms with Gasteiger partial charge in [-0.15, -0.1) is 12.4 Å². The van der Waals surface area contributed by atoms with Crippen molar-refractivity contribution >= 4 is 18.3 Å². The first-order chi connectivity index (χ1) is 17.7. The number of phenolic OH excluding ortho intramolecular Hbond substituents is 1. The molecule has 0 unspecified atom stereocenters. The summed E-state index contributed by atoms with van der Waals surface area (Å²) in [6.45, 7) is 9.51. The average molecular weight is 566 g/mol. The molecule has 6 heteroatoms. The molecule has 2 saturated carbocycles. The van der Waals surface area contributed by atoms with Gasteiger partial charge in [0.2, 0.25) is 5.91 Å². The zero-order chi connectivity index (χ0) is 26.8. The molecule has 5 N–H and O–H groups in total. The molecule has 1 heterocycles. The van der Waals surface area contributed by atoms with Gasteiger partial charge in [-0.25, -0.2) is 0 Å². The molecule has 1 aromatic carbocycles. The van der Waals surface area contributed by atoms with Crippen LogP contribution in [0.3, 0.4) is 0 Å². The molecular formula is C33H60ClN3O2. The largest absolute Gasteiger partial charge is 0.508 e. The van der Waals surface area contributed by atoms with Gasteiger partial charge in [0.1, 0.15) is 5.75 Å². The van der Waals surface area contributed by atoms with Gasteiger partial charge in [-0.2, -0.15) is 0 Å². The molecule has 4 rings (SSSR count). The summed E-state index contributed by atoms with van der Waals surface area (Å²) in [5.74, 6) is 3.23. The highest BCUT2D eigenvalue weighted by Gasteiger charge is 2.28. The number of phenols is 1. The summed E-state index contributed by atoms with van der Waals surface area (Å²) >= 11 is 0. The number of hydrogen-bond acceptors (Lipinski definition) is 4. The van der Waals surface area contributed by atoms with Gasteiger partial charge < -0.3 is 21.5 Å². The topological polar surface area (TPSA) is 87.4 Å². The SMILES string of the molecule is C.CC(C)[C@@H](CC1CCCCC1)NC(=O)[C@@H]1Cc2ccc(O)cc2CN1.CC(C)[C@H](N)CC1CCCCC1.Cl. The molecule has 226 valence electrons. The minimum absolute atomic E-state index is 0. The summed E-state index contributed by atoms with van der Waals surface area (Å²) in [5, 5.41) is 16.2. The van der Waals surface area contributed by atoms with E-state index in [2.05, 4.69) is 38.3 Å². The number of nitrogens with two attached hydrogens (primary N) is 1. The summed E-state index contributed by atoms with van der Waals surface area (Å²) in [6.07, 6.45) is 17.0. The van der Waals surface area contributed by atoms with Crippen molar-refractivity contribution in [3.63, 3.8) is 0 Å². The zero-order valence-corrected chi connectivity index (χ0v) is 25.3. The number of carbonyl (C=O) groups excluding carboxylic acids is 1. The standard InChI is InChI=1S/C21H32N2O2.C11H23N.CH4.ClH/c1-14(2)19(10-15-6-4-3-5-7-15)23-21(25)20-12-16-8-9-18(24)11-17(16)13-22-20;1-9(2)11(12)8-10-6-4-3-5-7-10;;/h8-9,11,14-15,19-20,22,24H,3-7,10,12-13H2,1-2H3,(H,23,25);9-11H,3-8,12H2,1-2H3;1H4;1H/t19-,20+;11-;;/m11../s1. The smallest absolute Gasteiger partial charge is 0.237 e. The van der Waals surface area contributed by atoms with Crippen molar-refractivity contribution in [2.24, 2.45) is 29.4 Å². The van der Waals surface area contributed by atoms with Gasteiger partial charge in [0.15, 0.2) is 0 Å². The Labute approximate surface area is 246 Å². The number of halogens is 1. The maximum absolute atomic E-state index is 12.8. The molecule has 0 saturated heterocycles. The Morgan fingerprint density at radius 3 is 2.03 bits per heavy atom. The first kappa shape index (κ1) is 35.7. The normalized spacial score (nSPS) is 21.5. The van der Waals surface area contributed by atoms with Gasteiger partial charge in [0, 0.05) is 18.6 Å². The van der Waals surface area contributed by atoms with Crippen LogP contribution >= 0.6 is 12.4 Å². The molecular weight excluding hydrogens is 506 g/mol. The Kier molecular flexibility index (Phi) is 16.7. The van der Waals surface area contributed by atoms with Crippen LogP contribution in [0.15, 0.2) is 18.2 Å². The maximum Gasteiger partial charge on any atom is 0.237 e. The van der Waals surface area contributed by atoms with Crippen molar-refractivity contribution < 1.29 is 9.90 Å². The third-order valence-electron chi connectivity index (χ3n) is 9.10. The number of hydrogen-bond donors (Lipinski definition) is 4. The van der Waals surface area contributed by atoms with E-state index in [1.165, 1.54) is 70.6 Å². The molecule has 0 spiro atoms. The van der Waals surface area contributed by atoms with Crippen molar-refractivity contribution in [3.05, 3.63) is 29.3 Å². The molecule has 0 aromatic heterocycles. The number of rotatable bonds is 8. The van der Waals surface area contributed by atoms with E-state index in [4.69, 9.17) is 5.73 Å². The molecule has 2 fully saturated rings. The van der Waals surface area contributed by atoms with Gasteiger partial charge >= 0.3 is 0 Å². The van der Waals surface area contributed by atoms with Gasteiger partial charge in [0.25, 0.3) is 0 Å². The van der Waals surface area contributed by atoms with Gasteiger partial charge in [-0.1, -0.05) is 105 Å². The molecule has 3 atom stereocenters. The Morgan fingerprint density at radius 1 is 0.923 bits per heavy atom. The molecule has 5 nitrogen and oxygen atoms in total. The lowest BCUT2D eigenvalue weighted by atomic mass is 9.82. The predicted molar refractivity (Wildman–Crippen MR) is 168 cm³/mol. The van der Waals surface area contributed by atoms with Crippen molar-refractivity contribution in [3.8, 4) is 5.75 Å². The highest BCUT2D eigenvalue weighted by Crippen LogP contribution is 2.30. The van der Waals surface area contributed by atoms with Crippen LogP contribution in [0.25, 0.3) is 0 Å². The van der Waals surface area contributed by atoms with Crippen LogP contribution in [0.1, 0.15) is 123 Å². The van der Waals surface area contributed by atoms with E-state index in [0.717, 1.165) is 29.4 Å². The first-order valence-electron chi connectivity index (χ1n) is 15.3. The van der Waals surface area contributed by atoms with Gasteiger partial charge in [0.05, 0.1) is 6.04 Å². The van der Waals surface area contributed by atoms with E-state index in [-0.39, 0.29) is 43.6 Å². The minimum atomic E-state index is -0.176. The van der Waals surface area contributed by atoms with E-state index in [1.807, 2.05) is 6.07 Å². The second-order valence-electron chi connectivity index (χ2n) is 12.8. The third kappa shape index (κ3) is 12.0. The molecule has 1 aromatic rings. The number of fused-ring (bicyclic) bond motifs is 1. The van der Waals surface area contributed by atoms with E-state index in [0.29, 0.717) is 30.8 Å². The molecule has 2 aliphatic carbocycles. The lowest BCUT2D eigenvalue weighted by Gasteiger charge is -2.32. The Hall–Kier alpha value is -1.30. The highest BCUT2D eigenvalue weighted by molar-refractivity contribution is 5.85. The Bertz CT molecular complexity index is 819. The number of amides is 1. The monoisotopic (exact) mass is 565 g/mol. The number of carbonyl (C=O) groups is 1. The van der Waals surface area contributed by atoms with Crippen LogP contribution in [0.5, 0.6) is 5.75 Å². The van der Waals surface area contributed by atoms with Crippen molar-refractivity contribution in [1.82, 2.24) is 10.6 Å². The first-order valence-corrected chi connectivity index (χ1v) is 15.3. The minimum Gasteiger partial charge on any atom is -0.508 e. The van der Waals surface area contributed by atoms with E-state index in [9.17, 15) is 9.90 Å². The van der Waals surface area contributed by atoms with E-state index in [1.54, 1.807) is 12.1 Å². The summed E-state index contributed by atoms with van der Waals surface area (Å²) < 4.78 is 0. The van der Waals surface area contributed by atoms with Crippen LogP contribution in [0.4, 0.5) is 0 Å². The zero-order valence-electron chi connectivity index (χ0n) is 24.5. The number of benzene rings is 1. The van der Waals surface area contributed by atoms with Crippen LogP contribution in [0, 0.1) is 23.7 Å². The maximum atomic E-state index is 12.8. The van der Waals surface area contributed by atoms with Gasteiger partial charge in [-0.3, -0.25) is 4.79 Å². The van der Waals surface area contributed by atoms with Crippen LogP contribution in [0.2, 0.25) is 0 Å². The molecule has 3 aliphatic rings. The summed E-state index contributed by atoms with van der Waals surface area (Å²) in [6, 6.07) is 5.96. The lowest BCUT2D eigenvalue weighted by Crippen LogP contribution is -2.52. The molecule has 1 aliphatic heterocycles. The summed E-state index contributed by atoms with van der Waals surface area (Å²) in [7, 11) is 0. The fourth-order valence-electron chi connectivity index (χ4n) is 6.33. The fraction of sp³-hybridized carbons (Fsp3) is 0.788. The molecule has 39 heavy (non-hydrogen) atoms. The van der Waals surface area contributed by atoms with E-state index >= 15 is 0 Å². The third-order valence-corrected chi connectivity index (χ3v) is 9.10. The highest BCUT2D eigenvalue weighted by atomic mass is 35.5. The van der Waals surface area contributed by atoms with Crippen molar-refractivity contribution in [2.75, 3.05) is 0 Å². The summed E-state index contributed by atoms with van der Waals surface area (Å²) in [4.78, 5) is 12.8. The molecule has 1 amide bonds. The van der Waals surface area contributed by atoms with Crippen molar-refractivity contribution in [1.29, 1.82) is 0 Å². The second-order valence-corrected chi connectivity index (χ2v) is 12.8. The Morgan fingerprint density at radius 2 is 1.49 bits per heavy atom. The fourth-order valence-corrected chi connectivity index (χ4v) is 6.33. The van der Waals surface area contributed by atoms with Crippen LogP contribution in [-0.4, -0.2) is 29.1 Å².